The average molecular weight is 288 g/mol. The van der Waals surface area contributed by atoms with E-state index in [9.17, 15) is 0 Å². The fourth-order valence-electron chi connectivity index (χ4n) is 1.64. The van der Waals surface area contributed by atoms with Gasteiger partial charge in [-0.2, -0.15) is 5.10 Å². The van der Waals surface area contributed by atoms with Gasteiger partial charge in [-0.15, -0.1) is 10.2 Å². The molecule has 0 fully saturated rings. The molecule has 2 aromatic rings. The summed E-state index contributed by atoms with van der Waals surface area (Å²) in [5, 5.41) is 11.6. The highest BCUT2D eigenvalue weighted by atomic mass is 16.5. The van der Waals surface area contributed by atoms with Crippen LogP contribution in [0.2, 0.25) is 0 Å². The van der Waals surface area contributed by atoms with Crippen molar-refractivity contribution < 1.29 is 9.47 Å². The first-order valence-corrected chi connectivity index (χ1v) is 6.97. The summed E-state index contributed by atoms with van der Waals surface area (Å²) in [6.07, 6.45) is 4.78. The van der Waals surface area contributed by atoms with E-state index >= 15 is 0 Å². The van der Waals surface area contributed by atoms with E-state index in [0.29, 0.717) is 19.1 Å². The molecule has 0 bridgehead atoms. The lowest BCUT2D eigenvalue weighted by Crippen LogP contribution is -2.06. The third-order valence-corrected chi connectivity index (χ3v) is 2.59. The van der Waals surface area contributed by atoms with Gasteiger partial charge < -0.3 is 9.47 Å². The molecule has 0 radical (unpaired) electrons. The van der Waals surface area contributed by atoms with Crippen LogP contribution in [0.25, 0.3) is 0 Å². The molecule has 0 spiro atoms. The minimum absolute atomic E-state index is 0.467. The quantitative estimate of drug-likeness (QED) is 0.735. The molecule has 0 aliphatic carbocycles. The van der Waals surface area contributed by atoms with Crippen molar-refractivity contribution in [1.29, 1.82) is 0 Å². The molecule has 0 aliphatic rings. The van der Waals surface area contributed by atoms with Gasteiger partial charge in [-0.05, 0) is 36.6 Å². The maximum Gasteiger partial charge on any atom is 0.161 e. The Balaban J connectivity index is 2.14. The van der Waals surface area contributed by atoms with Crippen LogP contribution in [0, 0.1) is 5.92 Å². The summed E-state index contributed by atoms with van der Waals surface area (Å²) >= 11 is 0. The van der Waals surface area contributed by atoms with Crippen molar-refractivity contribution in [2.24, 2.45) is 11.0 Å². The second-order valence-electron chi connectivity index (χ2n) is 4.93. The van der Waals surface area contributed by atoms with Gasteiger partial charge in [-0.3, -0.25) is 0 Å². The van der Waals surface area contributed by atoms with E-state index in [1.165, 1.54) is 17.3 Å². The van der Waals surface area contributed by atoms with Crippen LogP contribution in [0.1, 0.15) is 26.3 Å². The van der Waals surface area contributed by atoms with Crippen LogP contribution in [0.5, 0.6) is 11.5 Å². The molecule has 0 aliphatic heterocycles. The first-order chi connectivity index (χ1) is 10.2. The Morgan fingerprint density at radius 1 is 1.19 bits per heavy atom. The Morgan fingerprint density at radius 3 is 2.62 bits per heavy atom. The fraction of sp³-hybridized carbons (Fsp3) is 0.400. The molecule has 2 rings (SSSR count). The molecule has 0 amide bonds. The van der Waals surface area contributed by atoms with Crippen molar-refractivity contribution in [3.05, 3.63) is 36.4 Å². The summed E-state index contributed by atoms with van der Waals surface area (Å²) in [6, 6.07) is 5.75. The lowest BCUT2D eigenvalue weighted by molar-refractivity contribution is 0.248. The van der Waals surface area contributed by atoms with Crippen molar-refractivity contribution in [3.63, 3.8) is 0 Å². The smallest absolute Gasteiger partial charge is 0.161 e. The number of ether oxygens (including phenoxy) is 2. The fourth-order valence-corrected chi connectivity index (χ4v) is 1.64. The van der Waals surface area contributed by atoms with E-state index < -0.39 is 0 Å². The van der Waals surface area contributed by atoms with Gasteiger partial charge in [0, 0.05) is 0 Å². The summed E-state index contributed by atoms with van der Waals surface area (Å²) in [7, 11) is 0. The number of benzene rings is 1. The van der Waals surface area contributed by atoms with Crippen LogP contribution in [0.4, 0.5) is 0 Å². The lowest BCUT2D eigenvalue weighted by Gasteiger charge is -2.13. The van der Waals surface area contributed by atoms with Crippen LogP contribution < -0.4 is 9.47 Å². The second kappa shape index (κ2) is 7.42. The highest BCUT2D eigenvalue weighted by Crippen LogP contribution is 2.28. The maximum atomic E-state index is 5.76. The van der Waals surface area contributed by atoms with Crippen LogP contribution in [-0.4, -0.2) is 34.3 Å². The van der Waals surface area contributed by atoms with Gasteiger partial charge >= 0.3 is 0 Å². The first-order valence-electron chi connectivity index (χ1n) is 6.97. The Bertz CT molecular complexity index is 579. The Hall–Kier alpha value is -2.37. The maximum absolute atomic E-state index is 5.76. The molecule has 112 valence electrons. The zero-order valence-electron chi connectivity index (χ0n) is 12.6. The van der Waals surface area contributed by atoms with Crippen molar-refractivity contribution >= 4 is 6.21 Å². The zero-order chi connectivity index (χ0) is 15.1. The predicted octanol–water partition coefficient (Wildman–Crippen LogP) is 2.59. The minimum atomic E-state index is 0.467. The van der Waals surface area contributed by atoms with Crippen molar-refractivity contribution in [3.8, 4) is 11.5 Å². The lowest BCUT2D eigenvalue weighted by atomic mass is 10.2. The molecule has 6 nitrogen and oxygen atoms in total. The summed E-state index contributed by atoms with van der Waals surface area (Å²) in [6.45, 7) is 7.42. The van der Waals surface area contributed by atoms with Gasteiger partial charge in [-0.25, -0.2) is 4.68 Å². The molecule has 1 aromatic carbocycles. The van der Waals surface area contributed by atoms with E-state index in [4.69, 9.17) is 9.47 Å². The topological polar surface area (TPSA) is 61.5 Å². The number of nitrogens with zero attached hydrogens (tertiary/aromatic N) is 4. The average Bonchev–Trinajstić information content (AvgIpc) is 2.97. The summed E-state index contributed by atoms with van der Waals surface area (Å²) in [4.78, 5) is 0. The molecule has 1 aromatic heterocycles. The molecule has 0 unspecified atom stereocenters. The normalized spacial score (nSPS) is 11.2. The van der Waals surface area contributed by atoms with Crippen LogP contribution in [0.3, 0.4) is 0 Å². The molecule has 1 heterocycles. The van der Waals surface area contributed by atoms with E-state index in [2.05, 4.69) is 29.1 Å². The molecule has 0 saturated carbocycles. The highest BCUT2D eigenvalue weighted by molar-refractivity contribution is 5.80. The van der Waals surface area contributed by atoms with Gasteiger partial charge in [-0.1, -0.05) is 13.8 Å². The van der Waals surface area contributed by atoms with Crippen LogP contribution in [0.15, 0.2) is 36.0 Å². The Kier molecular flexibility index (Phi) is 5.31. The molecular formula is C15H20N4O2. The van der Waals surface area contributed by atoms with E-state index in [-0.39, 0.29) is 0 Å². The monoisotopic (exact) mass is 288 g/mol. The minimum Gasteiger partial charge on any atom is -0.490 e. The number of hydrogen-bond donors (Lipinski definition) is 0. The van der Waals surface area contributed by atoms with E-state index in [1.807, 2.05) is 25.1 Å². The predicted molar refractivity (Wildman–Crippen MR) is 81.0 cm³/mol. The van der Waals surface area contributed by atoms with Crippen LogP contribution in [-0.2, 0) is 0 Å². The van der Waals surface area contributed by atoms with E-state index in [0.717, 1.165) is 17.1 Å². The zero-order valence-corrected chi connectivity index (χ0v) is 12.6. The van der Waals surface area contributed by atoms with Crippen molar-refractivity contribution in [2.75, 3.05) is 13.2 Å². The Morgan fingerprint density at radius 2 is 1.95 bits per heavy atom. The van der Waals surface area contributed by atoms with Gasteiger partial charge in [0.2, 0.25) is 0 Å². The Labute approximate surface area is 124 Å². The molecule has 0 saturated heterocycles. The highest BCUT2D eigenvalue weighted by Gasteiger charge is 2.07. The molecule has 0 N–H and O–H groups in total. The molecule has 6 heteroatoms. The van der Waals surface area contributed by atoms with E-state index in [1.54, 1.807) is 6.21 Å². The number of aromatic nitrogens is 3. The summed E-state index contributed by atoms with van der Waals surface area (Å²) in [5.41, 5.74) is 0.920. The second-order valence-corrected chi connectivity index (χ2v) is 4.93. The van der Waals surface area contributed by atoms with Crippen LogP contribution >= 0.6 is 0 Å². The largest absolute Gasteiger partial charge is 0.490 e. The first kappa shape index (κ1) is 15.0. The number of rotatable bonds is 7. The molecule has 21 heavy (non-hydrogen) atoms. The third-order valence-electron chi connectivity index (χ3n) is 2.59. The summed E-state index contributed by atoms with van der Waals surface area (Å²) in [5.74, 6) is 1.95. The van der Waals surface area contributed by atoms with Gasteiger partial charge in [0.15, 0.2) is 11.5 Å². The SMILES string of the molecule is CCOc1cc(/C=N\n2cnnc2)ccc1OCC(C)C. The number of hydrogen-bond acceptors (Lipinski definition) is 5. The molecule has 0 atom stereocenters. The molecular weight excluding hydrogens is 268 g/mol. The van der Waals surface area contributed by atoms with Gasteiger partial charge in [0.05, 0.1) is 19.4 Å². The van der Waals surface area contributed by atoms with Crippen molar-refractivity contribution in [1.82, 2.24) is 14.9 Å². The summed E-state index contributed by atoms with van der Waals surface area (Å²) < 4.78 is 12.9. The van der Waals surface area contributed by atoms with Gasteiger partial charge in [0.25, 0.3) is 0 Å². The standard InChI is InChI=1S/C15H20N4O2/c1-4-20-15-7-13(8-18-19-10-16-17-11-19)5-6-14(15)21-9-12(2)3/h5-8,10-12H,4,9H2,1-3H3/b18-8-. The van der Waals surface area contributed by atoms with Crippen molar-refractivity contribution in [2.45, 2.75) is 20.8 Å². The third kappa shape index (κ3) is 4.59. The van der Waals surface area contributed by atoms with Gasteiger partial charge in [0.1, 0.15) is 12.7 Å².